The highest BCUT2D eigenvalue weighted by Gasteiger charge is 2.49. The molecule has 86 valence electrons. The van der Waals surface area contributed by atoms with Crippen molar-refractivity contribution in [1.29, 1.82) is 0 Å². The maximum Gasteiger partial charge on any atom is 0.152 e. The number of likely N-dealkylation sites (tertiary alicyclic amines) is 1. The van der Waals surface area contributed by atoms with Crippen LogP contribution in [0.3, 0.4) is 0 Å². The SMILES string of the molecule is CC(C)C(=O)[C@@H]1[C@H]2CC[C@H](C2)N1C(C)C. The molecule has 0 spiro atoms. The van der Waals surface area contributed by atoms with Crippen LogP contribution in [0.4, 0.5) is 0 Å². The van der Waals surface area contributed by atoms with Crippen molar-refractivity contribution in [2.45, 2.75) is 65.1 Å². The number of carbonyl (C=O) groups excluding carboxylic acids is 1. The molecule has 3 atom stereocenters. The fraction of sp³-hybridized carbons (Fsp3) is 0.923. The zero-order valence-electron chi connectivity index (χ0n) is 10.4. The maximum atomic E-state index is 12.2. The molecule has 1 heterocycles. The molecule has 15 heavy (non-hydrogen) atoms. The summed E-state index contributed by atoms with van der Waals surface area (Å²) in [5, 5.41) is 0. The molecule has 0 aromatic carbocycles. The van der Waals surface area contributed by atoms with Crippen molar-refractivity contribution in [3.63, 3.8) is 0 Å². The lowest BCUT2D eigenvalue weighted by Crippen LogP contribution is -2.50. The van der Waals surface area contributed by atoms with Crippen LogP contribution in [0.25, 0.3) is 0 Å². The van der Waals surface area contributed by atoms with Gasteiger partial charge in [0.25, 0.3) is 0 Å². The highest BCUT2D eigenvalue weighted by Crippen LogP contribution is 2.44. The van der Waals surface area contributed by atoms with Gasteiger partial charge in [0, 0.05) is 18.0 Å². The van der Waals surface area contributed by atoms with E-state index >= 15 is 0 Å². The summed E-state index contributed by atoms with van der Waals surface area (Å²) >= 11 is 0. The smallest absolute Gasteiger partial charge is 0.152 e. The predicted molar refractivity (Wildman–Crippen MR) is 61.7 cm³/mol. The molecular formula is C13H23NO. The van der Waals surface area contributed by atoms with Gasteiger partial charge in [0.15, 0.2) is 5.78 Å². The van der Waals surface area contributed by atoms with Crippen LogP contribution in [-0.2, 0) is 4.79 Å². The first-order valence-corrected chi connectivity index (χ1v) is 6.33. The number of rotatable bonds is 3. The van der Waals surface area contributed by atoms with E-state index < -0.39 is 0 Å². The number of hydrogen-bond acceptors (Lipinski definition) is 2. The summed E-state index contributed by atoms with van der Waals surface area (Å²) < 4.78 is 0. The van der Waals surface area contributed by atoms with Crippen molar-refractivity contribution in [3.8, 4) is 0 Å². The van der Waals surface area contributed by atoms with Crippen molar-refractivity contribution in [2.24, 2.45) is 11.8 Å². The summed E-state index contributed by atoms with van der Waals surface area (Å²) in [5.74, 6) is 1.32. The van der Waals surface area contributed by atoms with Gasteiger partial charge in [-0.05, 0) is 39.0 Å². The van der Waals surface area contributed by atoms with Gasteiger partial charge in [-0.15, -0.1) is 0 Å². The molecular weight excluding hydrogens is 186 g/mol. The third-order valence-electron chi connectivity index (χ3n) is 4.09. The number of nitrogens with zero attached hydrogens (tertiary/aromatic N) is 1. The summed E-state index contributed by atoms with van der Waals surface area (Å²) in [6.07, 6.45) is 3.85. The first-order valence-electron chi connectivity index (χ1n) is 6.33. The lowest BCUT2D eigenvalue weighted by molar-refractivity contribution is -0.129. The zero-order valence-corrected chi connectivity index (χ0v) is 10.4. The van der Waals surface area contributed by atoms with E-state index in [-0.39, 0.29) is 12.0 Å². The normalized spacial score (nSPS) is 35.7. The molecule has 0 unspecified atom stereocenters. The summed E-state index contributed by atoms with van der Waals surface area (Å²) in [4.78, 5) is 14.7. The molecule has 0 N–H and O–H groups in total. The largest absolute Gasteiger partial charge is 0.298 e. The Labute approximate surface area is 93.0 Å². The third-order valence-corrected chi connectivity index (χ3v) is 4.09. The molecule has 2 heteroatoms. The van der Waals surface area contributed by atoms with Crippen molar-refractivity contribution >= 4 is 5.78 Å². The van der Waals surface area contributed by atoms with Crippen LogP contribution in [0.5, 0.6) is 0 Å². The van der Waals surface area contributed by atoms with Gasteiger partial charge in [-0.1, -0.05) is 13.8 Å². The Kier molecular flexibility index (Phi) is 2.89. The number of fused-ring (bicyclic) bond motifs is 2. The highest BCUT2D eigenvalue weighted by molar-refractivity contribution is 5.86. The van der Waals surface area contributed by atoms with E-state index in [1.54, 1.807) is 0 Å². The van der Waals surface area contributed by atoms with Gasteiger partial charge in [0.1, 0.15) is 0 Å². The van der Waals surface area contributed by atoms with E-state index in [0.717, 1.165) is 0 Å². The number of ketones is 1. The maximum absolute atomic E-state index is 12.2. The van der Waals surface area contributed by atoms with Crippen molar-refractivity contribution in [2.75, 3.05) is 0 Å². The second-order valence-corrected chi connectivity index (χ2v) is 5.77. The Morgan fingerprint density at radius 1 is 1.20 bits per heavy atom. The van der Waals surface area contributed by atoms with Crippen molar-refractivity contribution < 1.29 is 4.79 Å². The standard InChI is InChI=1S/C13H23NO/c1-8(2)13(15)12-10-5-6-11(7-10)14(12)9(3)4/h8-12H,5-7H2,1-4H3/t10-,11+,12-/m0/s1. The van der Waals surface area contributed by atoms with Gasteiger partial charge in [0.05, 0.1) is 6.04 Å². The van der Waals surface area contributed by atoms with E-state index in [1.165, 1.54) is 19.3 Å². The lowest BCUT2D eigenvalue weighted by atomic mass is 9.89. The fourth-order valence-electron chi connectivity index (χ4n) is 3.48. The number of carbonyl (C=O) groups is 1. The molecule has 1 saturated heterocycles. The molecule has 2 rings (SSSR count). The van der Waals surface area contributed by atoms with Crippen LogP contribution in [0.15, 0.2) is 0 Å². The Hall–Kier alpha value is -0.370. The molecule has 2 bridgehead atoms. The van der Waals surface area contributed by atoms with Gasteiger partial charge >= 0.3 is 0 Å². The number of Topliss-reactive ketones (excluding diaryl/α,β-unsaturated/α-hetero) is 1. The van der Waals surface area contributed by atoms with Crippen LogP contribution in [0, 0.1) is 11.8 Å². The van der Waals surface area contributed by atoms with Crippen LogP contribution in [-0.4, -0.2) is 28.8 Å². The van der Waals surface area contributed by atoms with Gasteiger partial charge < -0.3 is 0 Å². The first kappa shape index (κ1) is 11.1. The van der Waals surface area contributed by atoms with E-state index in [0.29, 0.717) is 23.8 Å². The lowest BCUT2D eigenvalue weighted by Gasteiger charge is -2.38. The first-order chi connectivity index (χ1) is 7.02. The topological polar surface area (TPSA) is 20.3 Å². The third kappa shape index (κ3) is 1.73. The molecule has 1 saturated carbocycles. The summed E-state index contributed by atoms with van der Waals surface area (Å²) in [6.45, 7) is 8.52. The van der Waals surface area contributed by atoms with E-state index in [4.69, 9.17) is 0 Å². The van der Waals surface area contributed by atoms with Crippen molar-refractivity contribution in [1.82, 2.24) is 4.90 Å². The number of piperidine rings is 1. The molecule has 0 radical (unpaired) electrons. The fourth-order valence-corrected chi connectivity index (χ4v) is 3.48. The van der Waals surface area contributed by atoms with Crippen LogP contribution >= 0.6 is 0 Å². The Balaban J connectivity index is 2.18. The second-order valence-electron chi connectivity index (χ2n) is 5.77. The second kappa shape index (κ2) is 3.89. The van der Waals surface area contributed by atoms with Crippen molar-refractivity contribution in [3.05, 3.63) is 0 Å². The quantitative estimate of drug-likeness (QED) is 0.711. The molecule has 0 aromatic rings. The van der Waals surface area contributed by atoms with Crippen LogP contribution in [0.2, 0.25) is 0 Å². The summed E-state index contributed by atoms with van der Waals surface area (Å²) in [5.41, 5.74) is 0. The Bertz CT molecular complexity index is 259. The molecule has 0 aromatic heterocycles. The van der Waals surface area contributed by atoms with E-state index in [9.17, 15) is 4.79 Å². The molecule has 2 fully saturated rings. The predicted octanol–water partition coefficient (Wildman–Crippen LogP) is 2.47. The Morgan fingerprint density at radius 2 is 1.87 bits per heavy atom. The summed E-state index contributed by atoms with van der Waals surface area (Å²) in [7, 11) is 0. The zero-order chi connectivity index (χ0) is 11.2. The monoisotopic (exact) mass is 209 g/mol. The Morgan fingerprint density at radius 3 is 2.40 bits per heavy atom. The van der Waals surface area contributed by atoms with Gasteiger partial charge in [-0.3, -0.25) is 9.69 Å². The molecule has 1 aliphatic carbocycles. The van der Waals surface area contributed by atoms with Gasteiger partial charge in [-0.2, -0.15) is 0 Å². The molecule has 1 aliphatic heterocycles. The molecule has 0 amide bonds. The van der Waals surface area contributed by atoms with E-state index in [1.807, 2.05) is 13.8 Å². The van der Waals surface area contributed by atoms with Crippen LogP contribution in [0.1, 0.15) is 47.0 Å². The minimum absolute atomic E-state index is 0.190. The van der Waals surface area contributed by atoms with Crippen LogP contribution < -0.4 is 0 Å². The van der Waals surface area contributed by atoms with E-state index in [2.05, 4.69) is 18.7 Å². The average molecular weight is 209 g/mol. The van der Waals surface area contributed by atoms with Gasteiger partial charge in [-0.25, -0.2) is 0 Å². The highest BCUT2D eigenvalue weighted by atomic mass is 16.1. The number of hydrogen-bond donors (Lipinski definition) is 0. The van der Waals surface area contributed by atoms with Gasteiger partial charge in [0.2, 0.25) is 0 Å². The molecule has 2 nitrogen and oxygen atoms in total. The summed E-state index contributed by atoms with van der Waals surface area (Å²) in [6, 6.07) is 1.46. The minimum Gasteiger partial charge on any atom is -0.298 e. The molecule has 2 aliphatic rings. The average Bonchev–Trinajstić information content (AvgIpc) is 2.74. The minimum atomic E-state index is 0.190.